The van der Waals surface area contributed by atoms with Crippen molar-refractivity contribution in [3.05, 3.63) is 24.3 Å². The van der Waals surface area contributed by atoms with Gasteiger partial charge < -0.3 is 10.6 Å². The number of urea groups is 1. The van der Waals surface area contributed by atoms with E-state index in [4.69, 9.17) is 0 Å². The molecule has 2 aromatic rings. The van der Waals surface area contributed by atoms with Gasteiger partial charge in [0, 0.05) is 12.6 Å². The Morgan fingerprint density at radius 3 is 2.74 bits per heavy atom. The van der Waals surface area contributed by atoms with E-state index in [-0.39, 0.29) is 12.1 Å². The molecule has 1 heterocycles. The minimum absolute atomic E-state index is 0.137. The summed E-state index contributed by atoms with van der Waals surface area (Å²) in [6, 6.07) is 7.26. The number of rotatable bonds is 3. The molecular weight excluding hydrogens is 244 g/mol. The molecule has 0 radical (unpaired) electrons. The summed E-state index contributed by atoms with van der Waals surface area (Å²) in [4.78, 5) is 11.4. The molecule has 2 amide bonds. The number of para-hydroxylation sites is 1. The Hall–Kier alpha value is -2.44. The van der Waals surface area contributed by atoms with Crippen LogP contribution in [0.5, 0.6) is 0 Å². The van der Waals surface area contributed by atoms with Gasteiger partial charge in [-0.2, -0.15) is 0 Å². The fourth-order valence-corrected chi connectivity index (χ4v) is 1.69. The standard InChI is InChI=1S/C12H16N6O/c1-8(2)18-11(15-16-17-18)9-6-4-5-7-10(9)14-12(19)13-3/h4-8H,1-3H3,(H2,13,14,19). The molecule has 0 spiro atoms. The van der Waals surface area contributed by atoms with Crippen molar-refractivity contribution >= 4 is 11.7 Å². The SMILES string of the molecule is CNC(=O)Nc1ccccc1-c1nnnn1C(C)C. The van der Waals surface area contributed by atoms with Gasteiger partial charge >= 0.3 is 6.03 Å². The van der Waals surface area contributed by atoms with Gasteiger partial charge in [-0.1, -0.05) is 12.1 Å². The second-order valence-electron chi connectivity index (χ2n) is 4.29. The number of aromatic nitrogens is 4. The van der Waals surface area contributed by atoms with E-state index < -0.39 is 0 Å². The highest BCUT2D eigenvalue weighted by molar-refractivity contribution is 5.93. The van der Waals surface area contributed by atoms with Crippen LogP contribution in [-0.4, -0.2) is 33.3 Å². The normalized spacial score (nSPS) is 10.5. The summed E-state index contributed by atoms with van der Waals surface area (Å²) in [6.07, 6.45) is 0. The number of tetrazole rings is 1. The highest BCUT2D eigenvalue weighted by atomic mass is 16.2. The summed E-state index contributed by atoms with van der Waals surface area (Å²) < 4.78 is 1.71. The van der Waals surface area contributed by atoms with Gasteiger partial charge in [-0.15, -0.1) is 5.10 Å². The van der Waals surface area contributed by atoms with Crippen LogP contribution in [0, 0.1) is 0 Å². The minimum atomic E-state index is -0.281. The molecule has 0 saturated heterocycles. The van der Waals surface area contributed by atoms with Crippen LogP contribution in [0.3, 0.4) is 0 Å². The molecule has 2 N–H and O–H groups in total. The monoisotopic (exact) mass is 260 g/mol. The summed E-state index contributed by atoms with van der Waals surface area (Å²) in [5.41, 5.74) is 1.45. The van der Waals surface area contributed by atoms with Gasteiger partial charge in [-0.25, -0.2) is 9.48 Å². The topological polar surface area (TPSA) is 84.7 Å². The lowest BCUT2D eigenvalue weighted by atomic mass is 10.1. The third-order valence-electron chi connectivity index (χ3n) is 2.63. The zero-order valence-corrected chi connectivity index (χ0v) is 11.1. The summed E-state index contributed by atoms with van der Waals surface area (Å²) in [5, 5.41) is 17.0. The fourth-order valence-electron chi connectivity index (χ4n) is 1.69. The van der Waals surface area contributed by atoms with Gasteiger partial charge in [-0.05, 0) is 36.4 Å². The Balaban J connectivity index is 2.44. The number of nitrogens with one attached hydrogen (secondary N) is 2. The van der Waals surface area contributed by atoms with Crippen molar-refractivity contribution in [2.24, 2.45) is 0 Å². The molecule has 0 aliphatic carbocycles. The number of carbonyl (C=O) groups excluding carboxylic acids is 1. The van der Waals surface area contributed by atoms with E-state index in [1.165, 1.54) is 0 Å². The number of hydrogen-bond acceptors (Lipinski definition) is 4. The van der Waals surface area contributed by atoms with Crippen molar-refractivity contribution in [3.8, 4) is 11.4 Å². The molecule has 19 heavy (non-hydrogen) atoms. The molecule has 1 aromatic carbocycles. The lowest BCUT2D eigenvalue weighted by Gasteiger charge is -2.12. The summed E-state index contributed by atoms with van der Waals surface area (Å²) >= 11 is 0. The van der Waals surface area contributed by atoms with E-state index in [1.807, 2.05) is 38.1 Å². The van der Waals surface area contributed by atoms with Crippen molar-refractivity contribution in [2.45, 2.75) is 19.9 Å². The van der Waals surface area contributed by atoms with Crippen LogP contribution in [0.25, 0.3) is 11.4 Å². The second kappa shape index (κ2) is 5.47. The minimum Gasteiger partial charge on any atom is -0.341 e. The maximum atomic E-state index is 11.4. The smallest absolute Gasteiger partial charge is 0.318 e. The van der Waals surface area contributed by atoms with Gasteiger partial charge in [0.25, 0.3) is 0 Å². The molecule has 0 bridgehead atoms. The first-order valence-electron chi connectivity index (χ1n) is 5.99. The molecule has 100 valence electrons. The first-order chi connectivity index (χ1) is 9.13. The first-order valence-corrected chi connectivity index (χ1v) is 5.99. The Morgan fingerprint density at radius 1 is 1.32 bits per heavy atom. The molecule has 2 rings (SSSR count). The molecule has 0 unspecified atom stereocenters. The van der Waals surface area contributed by atoms with Gasteiger partial charge in [0.2, 0.25) is 0 Å². The Bertz CT molecular complexity index is 577. The molecule has 7 nitrogen and oxygen atoms in total. The molecule has 0 aliphatic heterocycles. The average molecular weight is 260 g/mol. The van der Waals surface area contributed by atoms with E-state index in [0.717, 1.165) is 5.56 Å². The molecule has 0 atom stereocenters. The number of carbonyl (C=O) groups is 1. The Kier molecular flexibility index (Phi) is 3.74. The molecule has 0 saturated carbocycles. The van der Waals surface area contributed by atoms with Crippen LogP contribution < -0.4 is 10.6 Å². The van der Waals surface area contributed by atoms with Crippen molar-refractivity contribution in [1.29, 1.82) is 0 Å². The van der Waals surface area contributed by atoms with E-state index in [1.54, 1.807) is 11.7 Å². The lowest BCUT2D eigenvalue weighted by molar-refractivity contribution is 0.254. The molecule has 0 aliphatic rings. The summed E-state index contributed by atoms with van der Waals surface area (Å²) in [7, 11) is 1.57. The van der Waals surface area contributed by atoms with E-state index in [0.29, 0.717) is 11.5 Å². The lowest BCUT2D eigenvalue weighted by Crippen LogP contribution is -2.24. The van der Waals surface area contributed by atoms with Crippen molar-refractivity contribution < 1.29 is 4.79 Å². The first kappa shape index (κ1) is 13.0. The zero-order chi connectivity index (χ0) is 13.8. The number of amides is 2. The molecule has 0 fully saturated rings. The maximum absolute atomic E-state index is 11.4. The highest BCUT2D eigenvalue weighted by Crippen LogP contribution is 2.26. The van der Waals surface area contributed by atoms with Gasteiger partial charge in [0.15, 0.2) is 5.82 Å². The van der Waals surface area contributed by atoms with Gasteiger partial charge in [0.05, 0.1) is 11.7 Å². The van der Waals surface area contributed by atoms with Crippen LogP contribution in [-0.2, 0) is 0 Å². The Morgan fingerprint density at radius 2 is 2.05 bits per heavy atom. The van der Waals surface area contributed by atoms with Crippen LogP contribution in [0.2, 0.25) is 0 Å². The molecule has 1 aromatic heterocycles. The number of anilines is 1. The van der Waals surface area contributed by atoms with Crippen LogP contribution in [0.4, 0.5) is 10.5 Å². The predicted octanol–water partition coefficient (Wildman–Crippen LogP) is 1.67. The van der Waals surface area contributed by atoms with Crippen molar-refractivity contribution in [2.75, 3.05) is 12.4 Å². The summed E-state index contributed by atoms with van der Waals surface area (Å²) in [6.45, 7) is 3.99. The third kappa shape index (κ3) is 2.70. The van der Waals surface area contributed by atoms with Gasteiger partial charge in [0.1, 0.15) is 0 Å². The van der Waals surface area contributed by atoms with E-state index in [9.17, 15) is 4.79 Å². The van der Waals surface area contributed by atoms with E-state index in [2.05, 4.69) is 26.2 Å². The third-order valence-corrected chi connectivity index (χ3v) is 2.63. The maximum Gasteiger partial charge on any atom is 0.318 e. The van der Waals surface area contributed by atoms with Crippen molar-refractivity contribution in [3.63, 3.8) is 0 Å². The Labute approximate surface area is 111 Å². The zero-order valence-electron chi connectivity index (χ0n) is 11.1. The van der Waals surface area contributed by atoms with Crippen molar-refractivity contribution in [1.82, 2.24) is 25.5 Å². The number of benzene rings is 1. The van der Waals surface area contributed by atoms with Gasteiger partial charge in [-0.3, -0.25) is 0 Å². The quantitative estimate of drug-likeness (QED) is 0.879. The fraction of sp³-hybridized carbons (Fsp3) is 0.333. The van der Waals surface area contributed by atoms with Crippen LogP contribution in [0.15, 0.2) is 24.3 Å². The second-order valence-corrected chi connectivity index (χ2v) is 4.29. The predicted molar refractivity (Wildman–Crippen MR) is 71.7 cm³/mol. The summed E-state index contributed by atoms with van der Waals surface area (Å²) in [5.74, 6) is 0.627. The van der Waals surface area contributed by atoms with Crippen LogP contribution in [0.1, 0.15) is 19.9 Å². The number of hydrogen-bond donors (Lipinski definition) is 2. The van der Waals surface area contributed by atoms with Crippen LogP contribution >= 0.6 is 0 Å². The average Bonchev–Trinajstić information content (AvgIpc) is 2.88. The van der Waals surface area contributed by atoms with E-state index >= 15 is 0 Å². The molecule has 7 heteroatoms. The largest absolute Gasteiger partial charge is 0.341 e. The number of nitrogens with zero attached hydrogens (tertiary/aromatic N) is 4. The molecular formula is C12H16N6O. The highest BCUT2D eigenvalue weighted by Gasteiger charge is 2.15.